The first-order valence-corrected chi connectivity index (χ1v) is 10.7. The van der Waals surface area contributed by atoms with Gasteiger partial charge in [0, 0.05) is 36.9 Å². The van der Waals surface area contributed by atoms with Crippen LogP contribution in [0.3, 0.4) is 0 Å². The number of anilines is 1. The molecule has 0 spiro atoms. The summed E-state index contributed by atoms with van der Waals surface area (Å²) in [5, 5.41) is 0.683. The molecular formula is C20H25ClN2O3S. The van der Waals surface area contributed by atoms with E-state index in [9.17, 15) is 8.42 Å². The molecule has 3 rings (SSSR count). The Bertz CT molecular complexity index is 952. The Kier molecular flexibility index (Phi) is 5.70. The molecule has 2 aromatic carbocycles. The van der Waals surface area contributed by atoms with Gasteiger partial charge in [0.25, 0.3) is 0 Å². The van der Waals surface area contributed by atoms with Gasteiger partial charge in [-0.15, -0.1) is 0 Å². The zero-order valence-corrected chi connectivity index (χ0v) is 17.7. The van der Waals surface area contributed by atoms with Gasteiger partial charge in [-0.05, 0) is 61.7 Å². The smallest absolute Gasteiger partial charge is 0.243 e. The second kappa shape index (κ2) is 7.70. The lowest BCUT2D eigenvalue weighted by atomic mass is 10.1. The lowest BCUT2D eigenvalue weighted by Crippen LogP contribution is -2.49. The van der Waals surface area contributed by atoms with Crippen molar-refractivity contribution in [3.05, 3.63) is 52.0 Å². The Labute approximate surface area is 166 Å². The van der Waals surface area contributed by atoms with E-state index in [1.165, 1.54) is 0 Å². The fourth-order valence-electron chi connectivity index (χ4n) is 3.62. The Hall–Kier alpha value is -1.76. The van der Waals surface area contributed by atoms with Gasteiger partial charge in [-0.2, -0.15) is 4.31 Å². The van der Waals surface area contributed by atoms with E-state index >= 15 is 0 Å². The van der Waals surface area contributed by atoms with Crippen LogP contribution in [0, 0.1) is 20.8 Å². The van der Waals surface area contributed by atoms with Crippen molar-refractivity contribution in [3.63, 3.8) is 0 Å². The van der Waals surface area contributed by atoms with Crippen LogP contribution in [-0.2, 0) is 10.0 Å². The van der Waals surface area contributed by atoms with E-state index < -0.39 is 10.0 Å². The monoisotopic (exact) mass is 408 g/mol. The number of methoxy groups -OCH3 is 1. The van der Waals surface area contributed by atoms with Crippen LogP contribution in [0.2, 0.25) is 5.02 Å². The van der Waals surface area contributed by atoms with Crippen molar-refractivity contribution >= 4 is 27.3 Å². The van der Waals surface area contributed by atoms with Crippen molar-refractivity contribution in [1.82, 2.24) is 4.31 Å². The summed E-state index contributed by atoms with van der Waals surface area (Å²) in [5.41, 5.74) is 3.35. The number of ether oxygens (including phenoxy) is 1. The molecule has 0 aliphatic carbocycles. The lowest BCUT2D eigenvalue weighted by Gasteiger charge is -2.36. The molecule has 0 radical (unpaired) electrons. The summed E-state index contributed by atoms with van der Waals surface area (Å²) in [4.78, 5) is 2.56. The van der Waals surface area contributed by atoms with Crippen LogP contribution < -0.4 is 9.64 Å². The van der Waals surface area contributed by atoms with Crippen LogP contribution in [0.25, 0.3) is 0 Å². The molecule has 0 saturated carbocycles. The molecular weight excluding hydrogens is 384 g/mol. The molecule has 1 saturated heterocycles. The summed E-state index contributed by atoms with van der Waals surface area (Å²) in [6, 6.07) is 9.46. The van der Waals surface area contributed by atoms with Crippen molar-refractivity contribution < 1.29 is 13.2 Å². The molecule has 5 nitrogen and oxygen atoms in total. The molecule has 1 fully saturated rings. The molecule has 0 amide bonds. The molecule has 1 heterocycles. The fourth-order valence-corrected chi connectivity index (χ4v) is 5.71. The number of halogens is 1. The highest BCUT2D eigenvalue weighted by Gasteiger charge is 2.32. The summed E-state index contributed by atoms with van der Waals surface area (Å²) in [6.07, 6.45) is 0. The van der Waals surface area contributed by atoms with Crippen LogP contribution in [0.5, 0.6) is 5.75 Å². The van der Waals surface area contributed by atoms with Gasteiger partial charge in [0.1, 0.15) is 5.75 Å². The fraction of sp³-hybridized carbons (Fsp3) is 0.400. The SMILES string of the molecule is COc1cc(C)c(S(=O)(=O)N2CCN(c3cccc(Cl)c3)CC2)c(C)c1C. The number of benzene rings is 2. The molecule has 7 heteroatoms. The molecule has 0 N–H and O–H groups in total. The molecule has 0 bridgehead atoms. The lowest BCUT2D eigenvalue weighted by molar-refractivity contribution is 0.384. The van der Waals surface area contributed by atoms with E-state index in [-0.39, 0.29) is 0 Å². The molecule has 27 heavy (non-hydrogen) atoms. The van der Waals surface area contributed by atoms with Crippen LogP contribution in [0.1, 0.15) is 16.7 Å². The summed E-state index contributed by atoms with van der Waals surface area (Å²) in [5.74, 6) is 0.717. The van der Waals surface area contributed by atoms with Gasteiger partial charge in [0.05, 0.1) is 12.0 Å². The summed E-state index contributed by atoms with van der Waals surface area (Å²) in [7, 11) is -1.96. The second-order valence-corrected chi connectivity index (χ2v) is 9.16. The summed E-state index contributed by atoms with van der Waals surface area (Å²) in [6.45, 7) is 7.71. The van der Waals surface area contributed by atoms with E-state index in [4.69, 9.17) is 16.3 Å². The van der Waals surface area contributed by atoms with Gasteiger partial charge in [0.2, 0.25) is 10.0 Å². The number of rotatable bonds is 4. The van der Waals surface area contributed by atoms with Crippen LogP contribution >= 0.6 is 11.6 Å². The predicted octanol–water partition coefficient (Wildman–Crippen LogP) is 3.78. The number of aryl methyl sites for hydroxylation is 1. The molecule has 0 aromatic heterocycles. The van der Waals surface area contributed by atoms with Gasteiger partial charge in [-0.1, -0.05) is 17.7 Å². The maximum atomic E-state index is 13.3. The van der Waals surface area contributed by atoms with Crippen molar-refractivity contribution in [2.75, 3.05) is 38.2 Å². The summed E-state index contributed by atoms with van der Waals surface area (Å²) >= 11 is 6.08. The average molecular weight is 409 g/mol. The van der Waals surface area contributed by atoms with Gasteiger partial charge in [-0.25, -0.2) is 8.42 Å². The molecule has 0 unspecified atom stereocenters. The topological polar surface area (TPSA) is 49.9 Å². The Balaban J connectivity index is 1.85. The maximum absolute atomic E-state index is 13.3. The average Bonchev–Trinajstić information content (AvgIpc) is 2.64. The third-order valence-electron chi connectivity index (χ3n) is 5.21. The van der Waals surface area contributed by atoms with E-state index in [2.05, 4.69) is 4.90 Å². The molecule has 1 aliphatic heterocycles. The minimum Gasteiger partial charge on any atom is -0.496 e. The Morgan fingerprint density at radius 2 is 1.67 bits per heavy atom. The highest BCUT2D eigenvalue weighted by molar-refractivity contribution is 7.89. The van der Waals surface area contributed by atoms with E-state index in [1.807, 2.05) is 45.0 Å². The zero-order chi connectivity index (χ0) is 19.8. The largest absolute Gasteiger partial charge is 0.496 e. The number of hydrogen-bond acceptors (Lipinski definition) is 4. The second-order valence-electron chi connectivity index (χ2n) is 6.85. The van der Waals surface area contributed by atoms with Crippen LogP contribution in [-0.4, -0.2) is 46.0 Å². The van der Waals surface area contributed by atoms with E-state index in [0.29, 0.717) is 41.7 Å². The third-order valence-corrected chi connectivity index (χ3v) is 7.63. The summed E-state index contributed by atoms with van der Waals surface area (Å²) < 4.78 is 33.6. The van der Waals surface area contributed by atoms with Crippen molar-refractivity contribution in [1.29, 1.82) is 0 Å². The van der Waals surface area contributed by atoms with Gasteiger partial charge >= 0.3 is 0 Å². The Morgan fingerprint density at radius 3 is 2.26 bits per heavy atom. The normalized spacial score (nSPS) is 15.8. The number of hydrogen-bond donors (Lipinski definition) is 0. The molecule has 0 atom stereocenters. The van der Waals surface area contributed by atoms with Crippen LogP contribution in [0.4, 0.5) is 5.69 Å². The van der Waals surface area contributed by atoms with E-state index in [0.717, 1.165) is 22.6 Å². The Morgan fingerprint density at radius 1 is 1.00 bits per heavy atom. The van der Waals surface area contributed by atoms with E-state index in [1.54, 1.807) is 17.5 Å². The van der Waals surface area contributed by atoms with Gasteiger partial charge < -0.3 is 9.64 Å². The van der Waals surface area contributed by atoms with Crippen molar-refractivity contribution in [3.8, 4) is 5.75 Å². The number of nitrogens with zero attached hydrogens (tertiary/aromatic N) is 2. The zero-order valence-electron chi connectivity index (χ0n) is 16.1. The number of piperazine rings is 1. The molecule has 1 aliphatic rings. The first-order chi connectivity index (χ1) is 12.8. The van der Waals surface area contributed by atoms with Crippen LogP contribution in [0.15, 0.2) is 35.2 Å². The minimum absolute atomic E-state index is 0.400. The maximum Gasteiger partial charge on any atom is 0.243 e. The molecule has 2 aromatic rings. The number of sulfonamides is 1. The highest BCUT2D eigenvalue weighted by atomic mass is 35.5. The van der Waals surface area contributed by atoms with Gasteiger partial charge in [0.15, 0.2) is 0 Å². The molecule has 146 valence electrons. The van der Waals surface area contributed by atoms with Crippen molar-refractivity contribution in [2.45, 2.75) is 25.7 Å². The minimum atomic E-state index is -3.56. The standard InChI is InChI=1S/C20H25ClN2O3S/c1-14-12-19(26-4)15(2)16(3)20(14)27(24,25)23-10-8-22(9-11-23)18-7-5-6-17(21)13-18/h5-7,12-13H,8-11H2,1-4H3. The first-order valence-electron chi connectivity index (χ1n) is 8.91. The quantitative estimate of drug-likeness (QED) is 0.772. The predicted molar refractivity (Wildman–Crippen MR) is 110 cm³/mol. The third kappa shape index (κ3) is 3.79. The van der Waals surface area contributed by atoms with Crippen molar-refractivity contribution in [2.24, 2.45) is 0 Å². The van der Waals surface area contributed by atoms with Gasteiger partial charge in [-0.3, -0.25) is 0 Å². The first kappa shape index (κ1) is 20.0. The highest BCUT2D eigenvalue weighted by Crippen LogP contribution is 2.33.